The Kier molecular flexibility index (Phi) is 5.12. The number of piperidine rings is 1. The molecule has 2 aromatic heterocycles. The fraction of sp³-hybridized carbons (Fsp3) is 0.533. The van der Waals surface area contributed by atoms with Crippen LogP contribution in [0.15, 0.2) is 18.6 Å². The maximum atomic E-state index is 12.5. The summed E-state index contributed by atoms with van der Waals surface area (Å²) in [7, 11) is 0. The van der Waals surface area contributed by atoms with Gasteiger partial charge in [0.15, 0.2) is 0 Å². The van der Waals surface area contributed by atoms with Crippen molar-refractivity contribution in [3.8, 4) is 0 Å². The van der Waals surface area contributed by atoms with Crippen LogP contribution in [0.5, 0.6) is 0 Å². The molecule has 122 valence electrons. The van der Waals surface area contributed by atoms with Gasteiger partial charge in [-0.15, -0.1) is 5.10 Å². The van der Waals surface area contributed by atoms with Crippen molar-refractivity contribution in [3.05, 3.63) is 29.2 Å². The van der Waals surface area contributed by atoms with Crippen LogP contribution < -0.4 is 10.2 Å². The Morgan fingerprint density at radius 2 is 2.39 bits per heavy atom. The summed E-state index contributed by atoms with van der Waals surface area (Å²) < 4.78 is 3.92. The highest BCUT2D eigenvalue weighted by Crippen LogP contribution is 2.18. The van der Waals surface area contributed by atoms with Crippen LogP contribution in [-0.2, 0) is 6.42 Å². The van der Waals surface area contributed by atoms with Gasteiger partial charge in [-0.1, -0.05) is 17.8 Å². The Morgan fingerprint density at radius 3 is 3.17 bits per heavy atom. The van der Waals surface area contributed by atoms with Crippen molar-refractivity contribution in [3.63, 3.8) is 0 Å². The minimum Gasteiger partial charge on any atom is -0.353 e. The van der Waals surface area contributed by atoms with Crippen molar-refractivity contribution in [2.45, 2.75) is 38.6 Å². The quantitative estimate of drug-likeness (QED) is 0.897. The first-order chi connectivity index (χ1) is 11.3. The molecule has 8 heteroatoms. The molecule has 23 heavy (non-hydrogen) atoms. The highest BCUT2D eigenvalue weighted by atomic mass is 32.1. The van der Waals surface area contributed by atoms with E-state index in [1.807, 2.05) is 0 Å². The molecule has 3 rings (SSSR count). The lowest BCUT2D eigenvalue weighted by Crippen LogP contribution is -2.48. The minimum absolute atomic E-state index is 0.0607. The normalized spacial score (nSPS) is 18.0. The second-order valence-corrected chi connectivity index (χ2v) is 6.38. The Bertz CT molecular complexity index is 646. The molecule has 3 heterocycles. The summed E-state index contributed by atoms with van der Waals surface area (Å²) in [5, 5.41) is 7.18. The molecule has 2 aromatic rings. The predicted octanol–water partition coefficient (Wildman–Crippen LogP) is 1.68. The Balaban J connectivity index is 1.63. The third-order valence-corrected chi connectivity index (χ3v) is 4.65. The van der Waals surface area contributed by atoms with Gasteiger partial charge in [0.05, 0.1) is 11.9 Å². The number of carbonyl (C=O) groups is 1. The van der Waals surface area contributed by atoms with E-state index in [0.717, 1.165) is 50.3 Å². The van der Waals surface area contributed by atoms with Gasteiger partial charge in [-0.3, -0.25) is 9.78 Å². The lowest BCUT2D eigenvalue weighted by molar-refractivity contribution is 0.0936. The number of hydrogen-bond acceptors (Lipinski definition) is 7. The smallest absolute Gasteiger partial charge is 0.265 e. The fourth-order valence-corrected chi connectivity index (χ4v) is 3.40. The highest BCUT2D eigenvalue weighted by molar-refractivity contribution is 7.08. The molecule has 7 nitrogen and oxygen atoms in total. The van der Waals surface area contributed by atoms with Crippen LogP contribution in [0.3, 0.4) is 0 Å². The molecule has 1 aliphatic rings. The summed E-state index contributed by atoms with van der Waals surface area (Å²) in [6, 6.07) is 0.106. The van der Waals surface area contributed by atoms with Crippen molar-refractivity contribution in [1.29, 1.82) is 0 Å². The lowest BCUT2D eigenvalue weighted by atomic mass is 10.1. The third kappa shape index (κ3) is 3.82. The molecule has 0 aliphatic carbocycles. The van der Waals surface area contributed by atoms with Crippen molar-refractivity contribution in [2.24, 2.45) is 0 Å². The molecule has 1 aliphatic heterocycles. The van der Waals surface area contributed by atoms with Gasteiger partial charge in [-0.2, -0.15) is 0 Å². The standard InChI is InChI=1S/C15H20N6OS/c1-2-4-12-14(23-20-19-12)15(22)18-11-5-3-8-21(10-11)13-9-16-6-7-17-13/h6-7,9,11H,2-5,8,10H2,1H3,(H,18,22)/t11-/m1/s1. The van der Waals surface area contributed by atoms with Gasteiger partial charge >= 0.3 is 0 Å². The molecule has 0 saturated carbocycles. The van der Waals surface area contributed by atoms with Gasteiger partial charge < -0.3 is 10.2 Å². The first-order valence-electron chi connectivity index (χ1n) is 7.91. The number of aryl methyl sites for hydroxylation is 1. The van der Waals surface area contributed by atoms with E-state index >= 15 is 0 Å². The zero-order chi connectivity index (χ0) is 16.1. The number of hydrogen-bond donors (Lipinski definition) is 1. The van der Waals surface area contributed by atoms with E-state index in [4.69, 9.17) is 0 Å². The molecular weight excluding hydrogens is 312 g/mol. The summed E-state index contributed by atoms with van der Waals surface area (Å²) >= 11 is 1.17. The number of carbonyl (C=O) groups excluding carboxylic acids is 1. The van der Waals surface area contributed by atoms with E-state index in [1.54, 1.807) is 18.6 Å². The maximum Gasteiger partial charge on any atom is 0.265 e. The molecule has 0 bridgehead atoms. The van der Waals surface area contributed by atoms with E-state index in [-0.39, 0.29) is 11.9 Å². The van der Waals surface area contributed by atoms with Crippen LogP contribution >= 0.6 is 11.5 Å². The minimum atomic E-state index is -0.0607. The maximum absolute atomic E-state index is 12.5. The number of nitrogens with zero attached hydrogens (tertiary/aromatic N) is 5. The average molecular weight is 332 g/mol. The van der Waals surface area contributed by atoms with Crippen LogP contribution in [0.4, 0.5) is 5.82 Å². The fourth-order valence-electron chi connectivity index (χ4n) is 2.79. The van der Waals surface area contributed by atoms with Crippen molar-refractivity contribution >= 4 is 23.3 Å². The monoisotopic (exact) mass is 332 g/mol. The first-order valence-corrected chi connectivity index (χ1v) is 8.68. The van der Waals surface area contributed by atoms with E-state index in [2.05, 4.69) is 36.7 Å². The van der Waals surface area contributed by atoms with Crippen LogP contribution in [0.2, 0.25) is 0 Å². The largest absolute Gasteiger partial charge is 0.353 e. The Morgan fingerprint density at radius 1 is 1.48 bits per heavy atom. The Labute approximate surface area is 139 Å². The summed E-state index contributed by atoms with van der Waals surface area (Å²) in [5.74, 6) is 0.798. The van der Waals surface area contributed by atoms with Crippen molar-refractivity contribution in [1.82, 2.24) is 24.9 Å². The Hall–Kier alpha value is -2.09. The zero-order valence-electron chi connectivity index (χ0n) is 13.1. The highest BCUT2D eigenvalue weighted by Gasteiger charge is 2.24. The van der Waals surface area contributed by atoms with Crippen LogP contribution in [0.1, 0.15) is 41.6 Å². The van der Waals surface area contributed by atoms with Gasteiger partial charge in [0.25, 0.3) is 5.91 Å². The van der Waals surface area contributed by atoms with Crippen molar-refractivity contribution in [2.75, 3.05) is 18.0 Å². The molecule has 0 aromatic carbocycles. The third-order valence-electron chi connectivity index (χ3n) is 3.88. The number of aromatic nitrogens is 4. The SMILES string of the molecule is CCCc1nnsc1C(=O)N[C@@H]1CCCN(c2cnccn2)C1. The molecular formula is C15H20N6OS. The van der Waals surface area contributed by atoms with Gasteiger partial charge in [0, 0.05) is 31.5 Å². The van der Waals surface area contributed by atoms with E-state index in [9.17, 15) is 4.79 Å². The zero-order valence-corrected chi connectivity index (χ0v) is 13.9. The average Bonchev–Trinajstić information content (AvgIpc) is 3.05. The molecule has 0 unspecified atom stereocenters. The number of nitrogens with one attached hydrogen (secondary N) is 1. The van der Waals surface area contributed by atoms with Crippen molar-refractivity contribution < 1.29 is 4.79 Å². The van der Waals surface area contributed by atoms with Crippen LogP contribution in [0.25, 0.3) is 0 Å². The van der Waals surface area contributed by atoms with E-state index in [1.165, 1.54) is 11.5 Å². The number of rotatable bonds is 5. The van der Waals surface area contributed by atoms with E-state index < -0.39 is 0 Å². The number of amides is 1. The van der Waals surface area contributed by atoms with Crippen LogP contribution in [0, 0.1) is 0 Å². The predicted molar refractivity (Wildman–Crippen MR) is 88.6 cm³/mol. The lowest BCUT2D eigenvalue weighted by Gasteiger charge is -2.33. The molecule has 0 spiro atoms. The number of anilines is 1. The van der Waals surface area contributed by atoms with Gasteiger partial charge in [0.2, 0.25) is 0 Å². The first kappa shape index (κ1) is 15.8. The molecule has 1 fully saturated rings. The summed E-state index contributed by atoms with van der Waals surface area (Å²) in [4.78, 5) is 23.7. The van der Waals surface area contributed by atoms with Gasteiger partial charge in [0.1, 0.15) is 10.7 Å². The molecule has 1 N–H and O–H groups in total. The van der Waals surface area contributed by atoms with E-state index in [0.29, 0.717) is 4.88 Å². The second kappa shape index (κ2) is 7.45. The molecule has 1 amide bonds. The second-order valence-electron chi connectivity index (χ2n) is 5.62. The molecule has 1 saturated heterocycles. The molecule has 0 radical (unpaired) electrons. The molecule has 1 atom stereocenters. The topological polar surface area (TPSA) is 83.9 Å². The summed E-state index contributed by atoms with van der Waals surface area (Å²) in [5.41, 5.74) is 0.802. The van der Waals surface area contributed by atoms with Gasteiger partial charge in [-0.25, -0.2) is 4.98 Å². The summed E-state index contributed by atoms with van der Waals surface area (Å²) in [6.45, 7) is 3.76. The van der Waals surface area contributed by atoms with Gasteiger partial charge in [-0.05, 0) is 30.8 Å². The van der Waals surface area contributed by atoms with Crippen LogP contribution in [-0.4, -0.2) is 44.6 Å². The summed E-state index contributed by atoms with van der Waals surface area (Å²) in [6.07, 6.45) is 8.85.